The lowest BCUT2D eigenvalue weighted by atomic mass is 10.1. The summed E-state index contributed by atoms with van der Waals surface area (Å²) in [5.41, 5.74) is 1.92. The number of aromatic nitrogens is 2. The molecule has 5 heteroatoms. The zero-order chi connectivity index (χ0) is 17.3. The molecule has 0 radical (unpaired) electrons. The van der Waals surface area contributed by atoms with Crippen molar-refractivity contribution in [3.8, 4) is 17.6 Å². The first-order valence-corrected chi connectivity index (χ1v) is 8.08. The summed E-state index contributed by atoms with van der Waals surface area (Å²) in [6.07, 6.45) is 2.80. The Morgan fingerprint density at radius 2 is 1.72 bits per heavy atom. The molecule has 0 saturated heterocycles. The van der Waals surface area contributed by atoms with Gasteiger partial charge in [0.05, 0.1) is 18.2 Å². The van der Waals surface area contributed by atoms with Crippen LogP contribution in [0.15, 0.2) is 66.9 Å². The molecule has 0 aliphatic carbocycles. The maximum atomic E-state index is 8.71. The van der Waals surface area contributed by atoms with Crippen molar-refractivity contribution in [3.05, 3.63) is 78.1 Å². The third-order valence-corrected chi connectivity index (χ3v) is 3.57. The van der Waals surface area contributed by atoms with Crippen molar-refractivity contribution in [3.63, 3.8) is 0 Å². The van der Waals surface area contributed by atoms with Gasteiger partial charge < -0.3 is 10.1 Å². The number of nitriles is 1. The molecule has 5 nitrogen and oxygen atoms in total. The van der Waals surface area contributed by atoms with Gasteiger partial charge in [0.1, 0.15) is 11.5 Å². The van der Waals surface area contributed by atoms with E-state index < -0.39 is 0 Å². The first kappa shape index (κ1) is 16.5. The number of benzene rings is 2. The Balaban J connectivity index is 1.50. The largest absolute Gasteiger partial charge is 0.457 e. The van der Waals surface area contributed by atoms with Gasteiger partial charge >= 0.3 is 0 Å². The summed E-state index contributed by atoms with van der Waals surface area (Å²) in [5.74, 6) is 2.19. The molecule has 3 rings (SSSR count). The van der Waals surface area contributed by atoms with Gasteiger partial charge in [-0.25, -0.2) is 9.97 Å². The fourth-order valence-corrected chi connectivity index (χ4v) is 2.33. The number of nitrogens with zero attached hydrogens (tertiary/aromatic N) is 3. The van der Waals surface area contributed by atoms with Crippen LogP contribution in [-0.4, -0.2) is 16.5 Å². The van der Waals surface area contributed by atoms with Gasteiger partial charge in [0, 0.05) is 12.7 Å². The lowest BCUT2D eigenvalue weighted by Crippen LogP contribution is -2.08. The third kappa shape index (κ3) is 5.05. The maximum absolute atomic E-state index is 8.71. The highest BCUT2D eigenvalue weighted by Crippen LogP contribution is 2.21. The van der Waals surface area contributed by atoms with E-state index in [-0.39, 0.29) is 0 Å². The van der Waals surface area contributed by atoms with Gasteiger partial charge in [-0.3, -0.25) is 0 Å². The van der Waals surface area contributed by atoms with Gasteiger partial charge in [-0.15, -0.1) is 0 Å². The zero-order valence-corrected chi connectivity index (χ0v) is 13.7. The standard InChI is InChI=1S/C20H18N4O/c21-13-10-17-12-15-23-20(24-17)22-14-11-16-6-8-19(9-7-16)25-18-4-2-1-3-5-18/h1-9,12,15H,10-11,14H2,(H,22,23,24). The Bertz CT molecular complexity index is 842. The smallest absolute Gasteiger partial charge is 0.222 e. The average molecular weight is 330 g/mol. The van der Waals surface area contributed by atoms with Crippen molar-refractivity contribution in [1.82, 2.24) is 9.97 Å². The molecular weight excluding hydrogens is 312 g/mol. The maximum Gasteiger partial charge on any atom is 0.222 e. The number of anilines is 1. The fourth-order valence-electron chi connectivity index (χ4n) is 2.33. The van der Waals surface area contributed by atoms with E-state index in [0.717, 1.165) is 30.2 Å². The van der Waals surface area contributed by atoms with Crippen molar-refractivity contribution in [2.24, 2.45) is 0 Å². The highest BCUT2D eigenvalue weighted by atomic mass is 16.5. The Hall–Kier alpha value is -3.39. The SMILES string of the molecule is N#CCc1ccnc(NCCc2ccc(Oc3ccccc3)cc2)n1. The minimum absolute atomic E-state index is 0.292. The quantitative estimate of drug-likeness (QED) is 0.709. The van der Waals surface area contributed by atoms with E-state index in [1.807, 2.05) is 54.6 Å². The summed E-state index contributed by atoms with van der Waals surface area (Å²) in [6.45, 7) is 0.717. The highest BCUT2D eigenvalue weighted by molar-refractivity contribution is 5.33. The average Bonchev–Trinajstić information content (AvgIpc) is 2.65. The Kier molecular flexibility index (Phi) is 5.57. The van der Waals surface area contributed by atoms with Crippen LogP contribution < -0.4 is 10.1 Å². The Labute approximate surface area is 147 Å². The number of ether oxygens (including phenoxy) is 1. The molecule has 0 unspecified atom stereocenters. The minimum atomic E-state index is 0.292. The first-order valence-electron chi connectivity index (χ1n) is 8.08. The molecule has 2 aromatic carbocycles. The predicted molar refractivity (Wildman–Crippen MR) is 96.5 cm³/mol. The van der Waals surface area contributed by atoms with Gasteiger partial charge in [0.25, 0.3) is 0 Å². The van der Waals surface area contributed by atoms with Crippen molar-refractivity contribution >= 4 is 5.95 Å². The molecule has 0 spiro atoms. The van der Waals surface area contributed by atoms with Crippen LogP contribution in [0.5, 0.6) is 11.5 Å². The number of hydrogen-bond donors (Lipinski definition) is 1. The van der Waals surface area contributed by atoms with E-state index >= 15 is 0 Å². The monoisotopic (exact) mass is 330 g/mol. The number of hydrogen-bond acceptors (Lipinski definition) is 5. The Morgan fingerprint density at radius 1 is 0.960 bits per heavy atom. The second kappa shape index (κ2) is 8.46. The fraction of sp³-hybridized carbons (Fsp3) is 0.150. The lowest BCUT2D eigenvalue weighted by Gasteiger charge is -2.08. The molecule has 1 aromatic heterocycles. The van der Waals surface area contributed by atoms with Crippen LogP contribution in [0.4, 0.5) is 5.95 Å². The van der Waals surface area contributed by atoms with E-state index in [1.54, 1.807) is 12.3 Å². The van der Waals surface area contributed by atoms with Crippen LogP contribution in [-0.2, 0) is 12.8 Å². The van der Waals surface area contributed by atoms with E-state index in [1.165, 1.54) is 5.56 Å². The van der Waals surface area contributed by atoms with Gasteiger partial charge in [-0.1, -0.05) is 30.3 Å². The lowest BCUT2D eigenvalue weighted by molar-refractivity contribution is 0.482. The molecule has 0 saturated carbocycles. The molecule has 25 heavy (non-hydrogen) atoms. The summed E-state index contributed by atoms with van der Waals surface area (Å²) in [7, 11) is 0. The zero-order valence-electron chi connectivity index (χ0n) is 13.7. The summed E-state index contributed by atoms with van der Waals surface area (Å²) in [5, 5.41) is 11.9. The molecule has 0 amide bonds. The summed E-state index contributed by atoms with van der Waals surface area (Å²) < 4.78 is 5.78. The summed E-state index contributed by atoms with van der Waals surface area (Å²) in [4.78, 5) is 8.45. The van der Waals surface area contributed by atoms with Crippen LogP contribution in [0, 0.1) is 11.3 Å². The molecule has 0 bridgehead atoms. The van der Waals surface area contributed by atoms with Gasteiger partial charge in [0.15, 0.2) is 0 Å². The van der Waals surface area contributed by atoms with Crippen molar-refractivity contribution in [1.29, 1.82) is 5.26 Å². The highest BCUT2D eigenvalue weighted by Gasteiger charge is 2.00. The molecule has 3 aromatic rings. The first-order chi connectivity index (χ1) is 12.3. The summed E-state index contributed by atoms with van der Waals surface area (Å²) in [6, 6.07) is 21.6. The molecule has 124 valence electrons. The number of nitrogens with one attached hydrogen (secondary N) is 1. The van der Waals surface area contributed by atoms with Gasteiger partial charge in [0.2, 0.25) is 5.95 Å². The van der Waals surface area contributed by atoms with E-state index in [4.69, 9.17) is 10.00 Å². The molecule has 1 N–H and O–H groups in total. The van der Waals surface area contributed by atoms with Crippen LogP contribution in [0.25, 0.3) is 0 Å². The molecule has 0 fully saturated rings. The van der Waals surface area contributed by atoms with E-state index in [9.17, 15) is 0 Å². The van der Waals surface area contributed by atoms with E-state index in [2.05, 4.69) is 21.4 Å². The molecular formula is C20H18N4O. The normalized spacial score (nSPS) is 10.0. The molecule has 0 aliphatic rings. The molecule has 0 aliphatic heterocycles. The third-order valence-electron chi connectivity index (χ3n) is 3.57. The van der Waals surface area contributed by atoms with Crippen LogP contribution in [0.1, 0.15) is 11.3 Å². The second-order valence-electron chi connectivity index (χ2n) is 5.44. The Morgan fingerprint density at radius 3 is 2.48 bits per heavy atom. The minimum Gasteiger partial charge on any atom is -0.457 e. The van der Waals surface area contributed by atoms with Crippen LogP contribution >= 0.6 is 0 Å². The number of para-hydroxylation sites is 1. The van der Waals surface area contributed by atoms with Gasteiger partial charge in [-0.2, -0.15) is 5.26 Å². The topological polar surface area (TPSA) is 70.8 Å². The van der Waals surface area contributed by atoms with E-state index in [0.29, 0.717) is 12.4 Å². The molecule has 1 heterocycles. The predicted octanol–water partition coefficient (Wildman–Crippen LogP) is 3.99. The van der Waals surface area contributed by atoms with Crippen molar-refractivity contribution in [2.45, 2.75) is 12.8 Å². The van der Waals surface area contributed by atoms with Crippen LogP contribution in [0.3, 0.4) is 0 Å². The number of rotatable bonds is 7. The molecule has 0 atom stereocenters. The second-order valence-corrected chi connectivity index (χ2v) is 5.44. The van der Waals surface area contributed by atoms with Crippen molar-refractivity contribution < 1.29 is 4.74 Å². The van der Waals surface area contributed by atoms with Gasteiger partial charge in [-0.05, 0) is 42.3 Å². The van der Waals surface area contributed by atoms with Crippen LogP contribution in [0.2, 0.25) is 0 Å². The summed E-state index contributed by atoms with van der Waals surface area (Å²) >= 11 is 0. The van der Waals surface area contributed by atoms with Crippen molar-refractivity contribution in [2.75, 3.05) is 11.9 Å².